The average Bonchev–Trinajstić information content (AvgIpc) is 2.91. The van der Waals surface area contributed by atoms with Crippen LogP contribution in [0.15, 0.2) is 30.3 Å². The first kappa shape index (κ1) is 14.6. The van der Waals surface area contributed by atoms with Crippen molar-refractivity contribution in [2.24, 2.45) is 5.73 Å². The predicted molar refractivity (Wildman–Crippen MR) is 88.6 cm³/mol. The van der Waals surface area contributed by atoms with Gasteiger partial charge in [-0.3, -0.25) is 4.79 Å². The van der Waals surface area contributed by atoms with Crippen LogP contribution in [0, 0.1) is 0 Å². The molecule has 5 nitrogen and oxygen atoms in total. The molecule has 0 radical (unpaired) electrons. The second kappa shape index (κ2) is 6.19. The first-order chi connectivity index (χ1) is 10.6. The molecule has 0 spiro atoms. The van der Waals surface area contributed by atoms with E-state index in [1.54, 1.807) is 35.6 Å². The van der Waals surface area contributed by atoms with Crippen LogP contribution in [0.2, 0.25) is 0 Å². The van der Waals surface area contributed by atoms with Gasteiger partial charge in [0.15, 0.2) is 0 Å². The SMILES string of the molecule is NC(=O)Nc1cccc(NC(=O)c2cc3c(s2)CCCC3)c1. The topological polar surface area (TPSA) is 84.2 Å². The van der Waals surface area contributed by atoms with Crippen molar-refractivity contribution in [1.82, 2.24) is 0 Å². The average molecular weight is 315 g/mol. The molecule has 0 fully saturated rings. The van der Waals surface area contributed by atoms with Crippen molar-refractivity contribution < 1.29 is 9.59 Å². The summed E-state index contributed by atoms with van der Waals surface area (Å²) in [7, 11) is 0. The molecule has 1 aliphatic carbocycles. The number of carbonyl (C=O) groups is 2. The molecule has 2 aromatic rings. The van der Waals surface area contributed by atoms with E-state index in [0.29, 0.717) is 11.4 Å². The van der Waals surface area contributed by atoms with Crippen LogP contribution in [0.25, 0.3) is 0 Å². The third kappa shape index (κ3) is 3.28. The molecule has 0 atom stereocenters. The Kier molecular flexibility index (Phi) is 4.11. The van der Waals surface area contributed by atoms with Crippen LogP contribution in [-0.4, -0.2) is 11.9 Å². The maximum Gasteiger partial charge on any atom is 0.316 e. The number of nitrogens with one attached hydrogen (secondary N) is 2. The molecule has 1 aromatic heterocycles. The number of thiophene rings is 1. The summed E-state index contributed by atoms with van der Waals surface area (Å²) in [6.45, 7) is 0. The molecule has 0 bridgehead atoms. The Bertz CT molecular complexity index is 700. The van der Waals surface area contributed by atoms with Gasteiger partial charge in [-0.25, -0.2) is 4.79 Å². The lowest BCUT2D eigenvalue weighted by molar-refractivity contribution is 0.103. The van der Waals surface area contributed by atoms with Crippen LogP contribution in [0.1, 0.15) is 33.0 Å². The van der Waals surface area contributed by atoms with E-state index < -0.39 is 6.03 Å². The standard InChI is InChI=1S/C16H17N3O2S/c17-16(21)19-12-6-3-5-11(9-12)18-15(20)14-8-10-4-1-2-7-13(10)22-14/h3,5-6,8-9H,1-2,4,7H2,(H,18,20)(H3,17,19,21). The summed E-state index contributed by atoms with van der Waals surface area (Å²) in [6, 6.07) is 8.28. The third-order valence-corrected chi connectivity index (χ3v) is 4.84. The zero-order valence-electron chi connectivity index (χ0n) is 12.0. The number of hydrogen-bond acceptors (Lipinski definition) is 3. The highest BCUT2D eigenvalue weighted by molar-refractivity contribution is 7.14. The van der Waals surface area contributed by atoms with E-state index in [1.165, 1.54) is 23.3 Å². The Morgan fingerprint density at radius 2 is 1.77 bits per heavy atom. The summed E-state index contributed by atoms with van der Waals surface area (Å²) in [5.74, 6) is -0.115. The molecule has 1 aliphatic rings. The van der Waals surface area contributed by atoms with Gasteiger partial charge in [-0.15, -0.1) is 11.3 Å². The minimum Gasteiger partial charge on any atom is -0.351 e. The van der Waals surface area contributed by atoms with E-state index in [0.717, 1.165) is 17.7 Å². The monoisotopic (exact) mass is 315 g/mol. The number of rotatable bonds is 3. The number of primary amides is 1. The van der Waals surface area contributed by atoms with Gasteiger partial charge in [-0.1, -0.05) is 6.07 Å². The number of benzene rings is 1. The van der Waals surface area contributed by atoms with Gasteiger partial charge in [0, 0.05) is 16.3 Å². The smallest absolute Gasteiger partial charge is 0.316 e. The first-order valence-corrected chi connectivity index (χ1v) is 8.03. The van der Waals surface area contributed by atoms with Crippen molar-refractivity contribution in [2.75, 3.05) is 10.6 Å². The number of aryl methyl sites for hydroxylation is 2. The zero-order valence-corrected chi connectivity index (χ0v) is 12.8. The lowest BCUT2D eigenvalue weighted by Gasteiger charge is -2.08. The Morgan fingerprint density at radius 3 is 2.50 bits per heavy atom. The summed E-state index contributed by atoms with van der Waals surface area (Å²) in [5, 5.41) is 5.35. The Balaban J connectivity index is 1.73. The molecule has 0 saturated heterocycles. The fourth-order valence-electron chi connectivity index (χ4n) is 2.61. The lowest BCUT2D eigenvalue weighted by atomic mass is 9.99. The largest absolute Gasteiger partial charge is 0.351 e. The number of hydrogen-bond donors (Lipinski definition) is 3. The molecule has 0 aliphatic heterocycles. The van der Waals surface area contributed by atoms with Gasteiger partial charge in [-0.2, -0.15) is 0 Å². The van der Waals surface area contributed by atoms with Gasteiger partial charge in [0.05, 0.1) is 4.88 Å². The summed E-state index contributed by atoms with van der Waals surface area (Å²) in [4.78, 5) is 25.3. The van der Waals surface area contributed by atoms with E-state index in [-0.39, 0.29) is 5.91 Å². The molecule has 3 rings (SSSR count). The van der Waals surface area contributed by atoms with E-state index in [1.807, 2.05) is 6.07 Å². The number of amides is 3. The van der Waals surface area contributed by atoms with Crippen LogP contribution in [0.3, 0.4) is 0 Å². The molecule has 1 heterocycles. The predicted octanol–water partition coefficient (Wildman–Crippen LogP) is 3.37. The highest BCUT2D eigenvalue weighted by Crippen LogP contribution is 2.30. The maximum atomic E-state index is 12.4. The molecule has 3 amide bonds. The second-order valence-electron chi connectivity index (χ2n) is 5.29. The van der Waals surface area contributed by atoms with Gasteiger partial charge in [0.25, 0.3) is 5.91 Å². The Labute approximate surface area is 132 Å². The maximum absolute atomic E-state index is 12.4. The zero-order chi connectivity index (χ0) is 15.5. The molecule has 1 aromatic carbocycles. The van der Waals surface area contributed by atoms with Crippen molar-refractivity contribution in [2.45, 2.75) is 25.7 Å². The van der Waals surface area contributed by atoms with Crippen LogP contribution in [0.4, 0.5) is 16.2 Å². The van der Waals surface area contributed by atoms with Crippen molar-refractivity contribution in [3.63, 3.8) is 0 Å². The van der Waals surface area contributed by atoms with Gasteiger partial charge in [0.1, 0.15) is 0 Å². The van der Waals surface area contributed by atoms with Gasteiger partial charge < -0.3 is 16.4 Å². The van der Waals surface area contributed by atoms with Gasteiger partial charge >= 0.3 is 6.03 Å². The normalized spacial score (nSPS) is 13.3. The number of fused-ring (bicyclic) bond motifs is 1. The summed E-state index contributed by atoms with van der Waals surface area (Å²) < 4.78 is 0. The van der Waals surface area contributed by atoms with E-state index in [2.05, 4.69) is 10.6 Å². The molecular formula is C16H17N3O2S. The third-order valence-electron chi connectivity index (χ3n) is 3.61. The van der Waals surface area contributed by atoms with Crippen molar-refractivity contribution in [1.29, 1.82) is 0 Å². The minimum atomic E-state index is -0.630. The molecule has 4 N–H and O–H groups in total. The van der Waals surface area contributed by atoms with Gasteiger partial charge in [0.2, 0.25) is 0 Å². The first-order valence-electron chi connectivity index (χ1n) is 7.21. The van der Waals surface area contributed by atoms with Crippen molar-refractivity contribution in [3.8, 4) is 0 Å². The van der Waals surface area contributed by atoms with E-state index in [9.17, 15) is 9.59 Å². The van der Waals surface area contributed by atoms with Crippen molar-refractivity contribution >= 4 is 34.6 Å². The minimum absolute atomic E-state index is 0.115. The number of urea groups is 1. The number of anilines is 2. The molecular weight excluding hydrogens is 298 g/mol. The van der Waals surface area contributed by atoms with Crippen molar-refractivity contribution in [3.05, 3.63) is 45.6 Å². The Morgan fingerprint density at radius 1 is 1.05 bits per heavy atom. The van der Waals surface area contributed by atoms with Crippen LogP contribution >= 0.6 is 11.3 Å². The summed E-state index contributed by atoms with van der Waals surface area (Å²) in [6.07, 6.45) is 4.55. The summed E-state index contributed by atoms with van der Waals surface area (Å²) >= 11 is 1.58. The fourth-order valence-corrected chi connectivity index (χ4v) is 3.76. The molecule has 22 heavy (non-hydrogen) atoms. The van der Waals surface area contributed by atoms with Gasteiger partial charge in [-0.05, 0) is 55.5 Å². The van der Waals surface area contributed by atoms with Crippen LogP contribution < -0.4 is 16.4 Å². The highest BCUT2D eigenvalue weighted by atomic mass is 32.1. The highest BCUT2D eigenvalue weighted by Gasteiger charge is 2.17. The molecule has 0 unspecified atom stereocenters. The molecule has 6 heteroatoms. The van der Waals surface area contributed by atoms with E-state index >= 15 is 0 Å². The van der Waals surface area contributed by atoms with Crippen LogP contribution in [-0.2, 0) is 12.8 Å². The second-order valence-corrected chi connectivity index (χ2v) is 6.43. The van der Waals surface area contributed by atoms with E-state index in [4.69, 9.17) is 5.73 Å². The fraction of sp³-hybridized carbons (Fsp3) is 0.250. The Hall–Kier alpha value is -2.34. The number of carbonyl (C=O) groups excluding carboxylic acids is 2. The quantitative estimate of drug-likeness (QED) is 0.811. The number of nitrogens with two attached hydrogens (primary N) is 1. The molecule has 0 saturated carbocycles. The summed E-state index contributed by atoms with van der Waals surface area (Å²) in [5.41, 5.74) is 7.58. The van der Waals surface area contributed by atoms with Crippen LogP contribution in [0.5, 0.6) is 0 Å². The lowest BCUT2D eigenvalue weighted by Crippen LogP contribution is -2.19. The molecule has 114 valence electrons.